The first-order valence-corrected chi connectivity index (χ1v) is 6.84. The summed E-state index contributed by atoms with van der Waals surface area (Å²) in [5.74, 6) is -0.357. The van der Waals surface area contributed by atoms with Gasteiger partial charge in [0.05, 0.1) is 6.54 Å². The molecule has 0 saturated carbocycles. The molecule has 1 aromatic rings. The lowest BCUT2D eigenvalue weighted by molar-refractivity contribution is -0.125. The number of imide groups is 1. The highest BCUT2D eigenvalue weighted by molar-refractivity contribution is 6.07. The van der Waals surface area contributed by atoms with Crippen LogP contribution in [0.15, 0.2) is 30.3 Å². The van der Waals surface area contributed by atoms with E-state index in [2.05, 4.69) is 16.0 Å². The van der Waals surface area contributed by atoms with E-state index in [9.17, 15) is 14.4 Å². The van der Waals surface area contributed by atoms with Gasteiger partial charge in [-0.2, -0.15) is 0 Å². The van der Waals surface area contributed by atoms with Crippen LogP contribution < -0.4 is 16.0 Å². The van der Waals surface area contributed by atoms with E-state index in [1.54, 1.807) is 17.0 Å². The molecule has 1 atom stereocenters. The van der Waals surface area contributed by atoms with E-state index in [0.29, 0.717) is 25.1 Å². The smallest absolute Gasteiger partial charge is 0.322 e. The standard InChI is InChI=1S/C14H16N4O3/c19-11-14(17-12(20)16-11)7-4-8-18(9-14)13(21)15-10-5-2-1-3-6-10/h1-3,5-6H,4,7-9H2,(H,15,21)(H2,16,17,19,20). The molecule has 2 fully saturated rings. The third-order valence-corrected chi connectivity index (χ3v) is 3.82. The second-order valence-electron chi connectivity index (χ2n) is 5.31. The van der Waals surface area contributed by atoms with Crippen LogP contribution in [-0.4, -0.2) is 41.5 Å². The number of rotatable bonds is 1. The minimum Gasteiger partial charge on any atom is -0.322 e. The van der Waals surface area contributed by atoms with Gasteiger partial charge in [-0.3, -0.25) is 10.1 Å². The van der Waals surface area contributed by atoms with Crippen LogP contribution in [0, 0.1) is 0 Å². The Kier molecular flexibility index (Phi) is 3.25. The van der Waals surface area contributed by atoms with E-state index in [1.165, 1.54) is 0 Å². The number of anilines is 1. The molecule has 0 aromatic heterocycles. The number of carbonyl (C=O) groups is 3. The van der Waals surface area contributed by atoms with Crippen molar-refractivity contribution in [1.82, 2.24) is 15.5 Å². The number of hydrogen-bond donors (Lipinski definition) is 3. The second-order valence-corrected chi connectivity index (χ2v) is 5.31. The number of nitrogens with one attached hydrogen (secondary N) is 3. The van der Waals surface area contributed by atoms with Crippen molar-refractivity contribution in [3.63, 3.8) is 0 Å². The van der Waals surface area contributed by atoms with Crippen molar-refractivity contribution < 1.29 is 14.4 Å². The van der Waals surface area contributed by atoms with E-state index < -0.39 is 11.6 Å². The van der Waals surface area contributed by atoms with Crippen molar-refractivity contribution in [2.75, 3.05) is 18.4 Å². The molecule has 7 heteroatoms. The van der Waals surface area contributed by atoms with Crippen LogP contribution in [0.5, 0.6) is 0 Å². The van der Waals surface area contributed by atoms with Gasteiger partial charge in [-0.1, -0.05) is 18.2 Å². The number of benzene rings is 1. The zero-order chi connectivity index (χ0) is 14.9. The van der Waals surface area contributed by atoms with Crippen LogP contribution in [0.2, 0.25) is 0 Å². The number of piperidine rings is 1. The minimum absolute atomic E-state index is 0.184. The Bertz CT molecular complexity index is 589. The molecule has 3 rings (SSSR count). The normalized spacial score (nSPS) is 24.7. The summed E-state index contributed by atoms with van der Waals surface area (Å²) >= 11 is 0. The average Bonchev–Trinajstić information content (AvgIpc) is 2.74. The molecule has 110 valence electrons. The Labute approximate surface area is 121 Å². The van der Waals surface area contributed by atoms with E-state index >= 15 is 0 Å². The summed E-state index contributed by atoms with van der Waals surface area (Å²) in [7, 11) is 0. The van der Waals surface area contributed by atoms with Gasteiger partial charge in [-0.15, -0.1) is 0 Å². The van der Waals surface area contributed by atoms with Crippen molar-refractivity contribution in [2.45, 2.75) is 18.4 Å². The maximum atomic E-state index is 12.3. The highest BCUT2D eigenvalue weighted by Gasteiger charge is 2.49. The van der Waals surface area contributed by atoms with E-state index in [4.69, 9.17) is 0 Å². The fraction of sp³-hybridized carbons (Fsp3) is 0.357. The molecule has 2 saturated heterocycles. The zero-order valence-electron chi connectivity index (χ0n) is 11.4. The first-order chi connectivity index (χ1) is 10.1. The van der Waals surface area contributed by atoms with E-state index in [-0.39, 0.29) is 18.5 Å². The van der Waals surface area contributed by atoms with Crippen LogP contribution in [0.25, 0.3) is 0 Å². The predicted octanol–water partition coefficient (Wildman–Crippen LogP) is 0.892. The van der Waals surface area contributed by atoms with Gasteiger partial charge < -0.3 is 15.5 Å². The van der Waals surface area contributed by atoms with Crippen LogP contribution in [0.1, 0.15) is 12.8 Å². The van der Waals surface area contributed by atoms with Gasteiger partial charge in [-0.25, -0.2) is 9.59 Å². The summed E-state index contributed by atoms with van der Waals surface area (Å²) in [6.45, 7) is 0.743. The maximum absolute atomic E-state index is 12.3. The molecule has 3 N–H and O–H groups in total. The van der Waals surface area contributed by atoms with Crippen molar-refractivity contribution in [1.29, 1.82) is 0 Å². The largest absolute Gasteiger partial charge is 0.322 e. The van der Waals surface area contributed by atoms with Crippen LogP contribution in [-0.2, 0) is 4.79 Å². The Balaban J connectivity index is 1.70. The van der Waals surface area contributed by atoms with Gasteiger partial charge >= 0.3 is 12.1 Å². The summed E-state index contributed by atoms with van der Waals surface area (Å²) in [5, 5.41) is 7.67. The molecular weight excluding hydrogens is 272 g/mol. The molecule has 0 aliphatic carbocycles. The third-order valence-electron chi connectivity index (χ3n) is 3.82. The first kappa shape index (κ1) is 13.4. The van der Waals surface area contributed by atoms with Crippen molar-refractivity contribution >= 4 is 23.7 Å². The number of nitrogens with zero attached hydrogens (tertiary/aromatic N) is 1. The molecule has 0 bridgehead atoms. The lowest BCUT2D eigenvalue weighted by atomic mass is 9.89. The highest BCUT2D eigenvalue weighted by atomic mass is 16.2. The van der Waals surface area contributed by atoms with Crippen LogP contribution >= 0.6 is 0 Å². The fourth-order valence-corrected chi connectivity index (χ4v) is 2.77. The van der Waals surface area contributed by atoms with Gasteiger partial charge in [0.25, 0.3) is 5.91 Å². The maximum Gasteiger partial charge on any atom is 0.322 e. The topological polar surface area (TPSA) is 90.5 Å². The Morgan fingerprint density at radius 2 is 2.00 bits per heavy atom. The molecule has 2 heterocycles. The summed E-state index contributed by atoms with van der Waals surface area (Å²) in [6.07, 6.45) is 1.20. The molecule has 2 aliphatic heterocycles. The molecule has 21 heavy (non-hydrogen) atoms. The summed E-state index contributed by atoms with van der Waals surface area (Å²) in [6, 6.07) is 8.35. The molecule has 0 radical (unpaired) electrons. The molecule has 1 unspecified atom stereocenters. The third kappa shape index (κ3) is 2.54. The molecule has 5 amide bonds. The molecule has 7 nitrogen and oxygen atoms in total. The Morgan fingerprint density at radius 3 is 2.67 bits per heavy atom. The van der Waals surface area contributed by atoms with Crippen LogP contribution in [0.3, 0.4) is 0 Å². The van der Waals surface area contributed by atoms with E-state index in [0.717, 1.165) is 0 Å². The zero-order valence-corrected chi connectivity index (χ0v) is 11.4. The fourth-order valence-electron chi connectivity index (χ4n) is 2.77. The van der Waals surface area contributed by atoms with Gasteiger partial charge in [0, 0.05) is 12.2 Å². The van der Waals surface area contributed by atoms with Crippen molar-refractivity contribution in [2.24, 2.45) is 0 Å². The van der Waals surface area contributed by atoms with Gasteiger partial charge in [-0.05, 0) is 25.0 Å². The number of urea groups is 2. The summed E-state index contributed by atoms with van der Waals surface area (Å²) in [5.41, 5.74) is -0.286. The first-order valence-electron chi connectivity index (χ1n) is 6.84. The number of carbonyl (C=O) groups excluding carboxylic acids is 3. The minimum atomic E-state index is -0.983. The highest BCUT2D eigenvalue weighted by Crippen LogP contribution is 2.24. The van der Waals surface area contributed by atoms with Gasteiger partial charge in [0.15, 0.2) is 0 Å². The summed E-state index contributed by atoms with van der Waals surface area (Å²) < 4.78 is 0. The number of likely N-dealkylation sites (tertiary alicyclic amines) is 1. The summed E-state index contributed by atoms with van der Waals surface area (Å²) in [4.78, 5) is 37.1. The lowest BCUT2D eigenvalue weighted by Gasteiger charge is -2.37. The number of hydrogen-bond acceptors (Lipinski definition) is 3. The van der Waals surface area contributed by atoms with E-state index in [1.807, 2.05) is 18.2 Å². The number of amides is 5. The molecule has 1 spiro atoms. The monoisotopic (exact) mass is 288 g/mol. The van der Waals surface area contributed by atoms with Crippen LogP contribution in [0.4, 0.5) is 15.3 Å². The van der Waals surface area contributed by atoms with Crippen molar-refractivity contribution in [3.8, 4) is 0 Å². The Hall–Kier alpha value is -2.57. The second kappa shape index (κ2) is 5.08. The quantitative estimate of drug-likeness (QED) is 0.670. The number of para-hydroxylation sites is 1. The lowest BCUT2D eigenvalue weighted by Crippen LogP contribution is -2.60. The SMILES string of the molecule is O=C1NC(=O)C2(CCCN(C(=O)Nc3ccccc3)C2)N1. The predicted molar refractivity (Wildman–Crippen MR) is 75.7 cm³/mol. The average molecular weight is 288 g/mol. The molecule has 1 aromatic carbocycles. The van der Waals surface area contributed by atoms with Crippen molar-refractivity contribution in [3.05, 3.63) is 30.3 Å². The van der Waals surface area contributed by atoms with Gasteiger partial charge in [0.2, 0.25) is 0 Å². The van der Waals surface area contributed by atoms with Gasteiger partial charge in [0.1, 0.15) is 5.54 Å². The Morgan fingerprint density at radius 1 is 1.24 bits per heavy atom. The molecular formula is C14H16N4O3. The molecule has 2 aliphatic rings.